The number of ether oxygens (including phenoxy) is 3. The maximum atomic E-state index is 13.2. The Kier molecular flexibility index (Phi) is 8.09. The van der Waals surface area contributed by atoms with Crippen molar-refractivity contribution in [3.05, 3.63) is 62.0 Å². The van der Waals surface area contributed by atoms with E-state index in [1.54, 1.807) is 38.1 Å². The maximum absolute atomic E-state index is 13.2. The molecular weight excluding hydrogens is 450 g/mol. The van der Waals surface area contributed by atoms with Crippen molar-refractivity contribution in [3.8, 4) is 0 Å². The molecule has 0 amide bonds. The van der Waals surface area contributed by atoms with E-state index in [9.17, 15) is 14.4 Å². The summed E-state index contributed by atoms with van der Waals surface area (Å²) in [5, 5.41) is 0. The molecule has 1 unspecified atom stereocenters. The molecule has 32 heavy (non-hydrogen) atoms. The van der Waals surface area contributed by atoms with Crippen LogP contribution in [0.4, 0.5) is 0 Å². The Hall–Kier alpha value is -2.65. The van der Waals surface area contributed by atoms with Crippen molar-refractivity contribution in [2.24, 2.45) is 0 Å². The summed E-state index contributed by atoms with van der Waals surface area (Å²) in [7, 11) is 0. The van der Waals surface area contributed by atoms with E-state index in [-0.39, 0.29) is 36.0 Å². The first kappa shape index (κ1) is 24.0. The zero-order chi connectivity index (χ0) is 23.3. The minimum atomic E-state index is -0.758. The van der Waals surface area contributed by atoms with Gasteiger partial charge in [0.2, 0.25) is 0 Å². The number of rotatable bonds is 7. The fourth-order valence-electron chi connectivity index (χ4n) is 3.52. The van der Waals surface area contributed by atoms with E-state index < -0.39 is 23.9 Å². The Bertz CT molecular complexity index is 1010. The molecule has 0 radical (unpaired) electrons. The largest absolute Gasteiger partial charge is 0.463 e. The Morgan fingerprint density at radius 3 is 2.25 bits per heavy atom. The topological polar surface area (TPSA) is 82.1 Å². The number of carbonyl (C=O) groups is 3. The molecule has 0 aromatic heterocycles. The molecular formula is C23H25NO6S2. The lowest BCUT2D eigenvalue weighted by molar-refractivity contribution is -0.142. The summed E-state index contributed by atoms with van der Waals surface area (Å²) in [6.45, 7) is 5.61. The van der Waals surface area contributed by atoms with Gasteiger partial charge in [-0.3, -0.25) is 0 Å². The summed E-state index contributed by atoms with van der Waals surface area (Å²) in [5.74, 6) is -1.80. The SMILES string of the molecule is CCOC(=O)C1=C(C(=O)OCC)C2c3ccccc3C=CN2C(C(=O)OCC)=C(SC)S1. The van der Waals surface area contributed by atoms with Crippen LogP contribution in [-0.2, 0) is 28.6 Å². The lowest BCUT2D eigenvalue weighted by Crippen LogP contribution is -2.34. The molecule has 2 aliphatic rings. The van der Waals surface area contributed by atoms with Crippen LogP contribution < -0.4 is 0 Å². The van der Waals surface area contributed by atoms with Gasteiger partial charge < -0.3 is 19.1 Å². The first-order chi connectivity index (χ1) is 15.5. The minimum Gasteiger partial charge on any atom is -0.463 e. The normalized spacial score (nSPS) is 17.4. The maximum Gasteiger partial charge on any atom is 0.356 e. The first-order valence-corrected chi connectivity index (χ1v) is 12.3. The van der Waals surface area contributed by atoms with Crippen molar-refractivity contribution in [2.75, 3.05) is 26.1 Å². The van der Waals surface area contributed by atoms with Crippen LogP contribution >= 0.6 is 23.5 Å². The van der Waals surface area contributed by atoms with Gasteiger partial charge in [-0.05, 0) is 44.2 Å². The second-order valence-electron chi connectivity index (χ2n) is 6.60. The quantitative estimate of drug-likeness (QED) is 0.425. The fraction of sp³-hybridized carbons (Fsp3) is 0.348. The number of hydrogen-bond acceptors (Lipinski definition) is 9. The lowest BCUT2D eigenvalue weighted by Gasteiger charge is -2.35. The van der Waals surface area contributed by atoms with E-state index in [4.69, 9.17) is 14.2 Å². The van der Waals surface area contributed by atoms with Crippen LogP contribution in [0.1, 0.15) is 37.9 Å². The van der Waals surface area contributed by atoms with Gasteiger partial charge in [0.25, 0.3) is 0 Å². The Morgan fingerprint density at radius 2 is 1.59 bits per heavy atom. The number of benzene rings is 1. The van der Waals surface area contributed by atoms with Crippen LogP contribution in [0, 0.1) is 0 Å². The van der Waals surface area contributed by atoms with Crippen molar-refractivity contribution >= 4 is 47.5 Å². The summed E-state index contributed by atoms with van der Waals surface area (Å²) >= 11 is 2.33. The van der Waals surface area contributed by atoms with Gasteiger partial charge in [-0.15, -0.1) is 11.8 Å². The highest BCUT2D eigenvalue weighted by molar-refractivity contribution is 8.24. The van der Waals surface area contributed by atoms with Crippen LogP contribution in [-0.4, -0.2) is 48.9 Å². The highest BCUT2D eigenvalue weighted by Crippen LogP contribution is 2.50. The van der Waals surface area contributed by atoms with Crippen LogP contribution in [0.15, 0.2) is 50.9 Å². The summed E-state index contributed by atoms with van der Waals surface area (Å²) < 4.78 is 16.5. The van der Waals surface area contributed by atoms with Crippen LogP contribution in [0.25, 0.3) is 6.08 Å². The van der Waals surface area contributed by atoms with Gasteiger partial charge in [0.05, 0.1) is 35.7 Å². The van der Waals surface area contributed by atoms with Crippen molar-refractivity contribution in [1.82, 2.24) is 4.90 Å². The van der Waals surface area contributed by atoms with Gasteiger partial charge in [-0.25, -0.2) is 14.4 Å². The standard InChI is InChI=1S/C23H25NO6S2/c1-5-28-20(25)16-17-15-11-9-8-10-14(15)12-13-24(17)18(21(26)29-6-2)23(31-4)32-19(16)22(27)30-7-3/h8-13,17H,5-7H2,1-4H3. The van der Waals surface area contributed by atoms with E-state index in [0.717, 1.165) is 22.9 Å². The van der Waals surface area contributed by atoms with E-state index in [2.05, 4.69) is 0 Å². The molecule has 9 heteroatoms. The minimum absolute atomic E-state index is 0.106. The third-order valence-electron chi connectivity index (χ3n) is 4.76. The molecule has 0 saturated heterocycles. The Labute approximate surface area is 195 Å². The molecule has 1 atom stereocenters. The summed E-state index contributed by atoms with van der Waals surface area (Å²) in [6, 6.07) is 6.77. The summed E-state index contributed by atoms with van der Waals surface area (Å²) in [4.78, 5) is 41.1. The van der Waals surface area contributed by atoms with Crippen molar-refractivity contribution in [2.45, 2.75) is 26.8 Å². The fourth-order valence-corrected chi connectivity index (χ4v) is 5.40. The smallest absolute Gasteiger partial charge is 0.356 e. The average Bonchev–Trinajstić information content (AvgIpc) is 2.94. The first-order valence-electron chi connectivity index (χ1n) is 10.2. The molecule has 0 bridgehead atoms. The zero-order valence-electron chi connectivity index (χ0n) is 18.4. The summed E-state index contributed by atoms with van der Waals surface area (Å²) in [5.41, 5.74) is 2.04. The van der Waals surface area contributed by atoms with Gasteiger partial charge in [-0.2, -0.15) is 0 Å². The molecule has 2 heterocycles. The van der Waals surface area contributed by atoms with E-state index in [1.165, 1.54) is 11.8 Å². The molecule has 0 N–H and O–H groups in total. The third kappa shape index (κ3) is 4.59. The second-order valence-corrected chi connectivity index (χ2v) is 8.70. The molecule has 170 valence electrons. The van der Waals surface area contributed by atoms with Gasteiger partial charge in [0.15, 0.2) is 0 Å². The molecule has 7 nitrogen and oxygen atoms in total. The number of nitrogens with zero attached hydrogens (tertiary/aromatic N) is 1. The van der Waals surface area contributed by atoms with Crippen LogP contribution in [0.3, 0.4) is 0 Å². The molecule has 0 aliphatic carbocycles. The van der Waals surface area contributed by atoms with Crippen LogP contribution in [0.5, 0.6) is 0 Å². The number of thioether (sulfide) groups is 2. The molecule has 0 spiro atoms. The summed E-state index contributed by atoms with van der Waals surface area (Å²) in [6.07, 6.45) is 5.41. The number of esters is 3. The van der Waals surface area contributed by atoms with Gasteiger partial charge >= 0.3 is 17.9 Å². The van der Waals surface area contributed by atoms with Crippen molar-refractivity contribution in [3.63, 3.8) is 0 Å². The lowest BCUT2D eigenvalue weighted by atomic mass is 9.89. The molecule has 0 saturated carbocycles. The van der Waals surface area contributed by atoms with Gasteiger partial charge in [0.1, 0.15) is 10.6 Å². The van der Waals surface area contributed by atoms with E-state index in [1.807, 2.05) is 30.3 Å². The number of carbonyl (C=O) groups excluding carboxylic acids is 3. The predicted octanol–water partition coefficient (Wildman–Crippen LogP) is 4.24. The Morgan fingerprint density at radius 1 is 0.969 bits per heavy atom. The van der Waals surface area contributed by atoms with Crippen molar-refractivity contribution < 1.29 is 28.6 Å². The zero-order valence-corrected chi connectivity index (χ0v) is 20.0. The van der Waals surface area contributed by atoms with Crippen LogP contribution in [0.2, 0.25) is 0 Å². The highest BCUT2D eigenvalue weighted by atomic mass is 32.2. The van der Waals surface area contributed by atoms with E-state index in [0.29, 0.717) is 4.24 Å². The van der Waals surface area contributed by atoms with Crippen molar-refractivity contribution in [1.29, 1.82) is 0 Å². The number of hydrogen-bond donors (Lipinski definition) is 0. The Balaban J connectivity index is 2.34. The molecule has 1 aromatic carbocycles. The predicted molar refractivity (Wildman–Crippen MR) is 125 cm³/mol. The molecule has 3 rings (SSSR count). The average molecular weight is 476 g/mol. The molecule has 0 fully saturated rings. The molecule has 1 aromatic rings. The number of fused-ring (bicyclic) bond motifs is 3. The molecule has 2 aliphatic heterocycles. The second kappa shape index (κ2) is 10.8. The van der Waals surface area contributed by atoms with Gasteiger partial charge in [-0.1, -0.05) is 36.0 Å². The highest BCUT2D eigenvalue weighted by Gasteiger charge is 2.43. The third-order valence-corrected chi connectivity index (χ3v) is 7.04. The monoisotopic (exact) mass is 475 g/mol. The van der Waals surface area contributed by atoms with E-state index >= 15 is 0 Å². The van der Waals surface area contributed by atoms with Gasteiger partial charge in [0, 0.05) is 6.20 Å².